The molecule has 0 radical (unpaired) electrons. The first kappa shape index (κ1) is 14.7. The average molecular weight is 192 g/mol. The molecule has 0 spiro atoms. The fourth-order valence-electron chi connectivity index (χ4n) is 0.598. The summed E-state index contributed by atoms with van der Waals surface area (Å²) in [6.07, 6.45) is 0. The SMILES string of the molecule is COC/C(C)=C/[B-](F)(F)F.[K+]. The molecule has 0 aliphatic rings. The van der Waals surface area contributed by atoms with Crippen molar-refractivity contribution in [1.29, 1.82) is 0 Å². The molecule has 0 aromatic carbocycles. The Morgan fingerprint density at radius 1 is 1.45 bits per heavy atom. The summed E-state index contributed by atoms with van der Waals surface area (Å²) in [5.41, 5.74) is 0.204. The van der Waals surface area contributed by atoms with Crippen LogP contribution in [0, 0.1) is 0 Å². The fourth-order valence-corrected chi connectivity index (χ4v) is 0.598. The Hall–Kier alpha value is 1.19. The van der Waals surface area contributed by atoms with E-state index < -0.39 is 6.98 Å². The van der Waals surface area contributed by atoms with Crippen molar-refractivity contribution in [1.82, 2.24) is 0 Å². The maximum atomic E-state index is 11.6. The normalized spacial score (nSPS) is 12.6. The molecular weight excluding hydrogens is 183 g/mol. The molecule has 1 nitrogen and oxygen atoms in total. The van der Waals surface area contributed by atoms with Crippen molar-refractivity contribution in [3.8, 4) is 0 Å². The van der Waals surface area contributed by atoms with Crippen LogP contribution in [0.4, 0.5) is 12.9 Å². The van der Waals surface area contributed by atoms with Crippen LogP contribution < -0.4 is 51.4 Å². The number of hydrogen-bond donors (Lipinski definition) is 0. The first-order valence-electron chi connectivity index (χ1n) is 2.83. The van der Waals surface area contributed by atoms with E-state index in [1.807, 2.05) is 0 Å². The second kappa shape index (κ2) is 6.68. The third-order valence-corrected chi connectivity index (χ3v) is 0.846. The quantitative estimate of drug-likeness (QED) is 0.519. The van der Waals surface area contributed by atoms with Gasteiger partial charge in [-0.3, -0.25) is 0 Å². The summed E-state index contributed by atoms with van der Waals surface area (Å²) >= 11 is 0. The average Bonchev–Trinajstić information content (AvgIpc) is 1.59. The molecule has 0 atom stereocenters. The molecule has 0 saturated heterocycles. The molecular formula is C5H9BF3KO. The number of ether oxygens (including phenoxy) is 1. The van der Waals surface area contributed by atoms with Gasteiger partial charge < -0.3 is 17.7 Å². The van der Waals surface area contributed by atoms with E-state index in [1.54, 1.807) is 0 Å². The van der Waals surface area contributed by atoms with E-state index in [2.05, 4.69) is 4.74 Å². The summed E-state index contributed by atoms with van der Waals surface area (Å²) < 4.78 is 39.2. The minimum absolute atomic E-state index is 0. The topological polar surface area (TPSA) is 9.23 Å². The van der Waals surface area contributed by atoms with Crippen LogP contribution in [0.3, 0.4) is 0 Å². The van der Waals surface area contributed by atoms with Crippen LogP contribution in [-0.2, 0) is 4.74 Å². The van der Waals surface area contributed by atoms with E-state index >= 15 is 0 Å². The van der Waals surface area contributed by atoms with E-state index in [-0.39, 0.29) is 63.6 Å². The smallest absolute Gasteiger partial charge is 0.445 e. The van der Waals surface area contributed by atoms with Gasteiger partial charge >= 0.3 is 58.4 Å². The second-order valence-electron chi connectivity index (χ2n) is 2.07. The maximum Gasteiger partial charge on any atom is 1.00 e. The molecule has 0 unspecified atom stereocenters. The largest absolute Gasteiger partial charge is 1.00 e. The molecule has 0 heterocycles. The summed E-state index contributed by atoms with van der Waals surface area (Å²) in [7, 11) is 1.36. The van der Waals surface area contributed by atoms with Crippen molar-refractivity contribution in [2.75, 3.05) is 13.7 Å². The second-order valence-corrected chi connectivity index (χ2v) is 2.07. The van der Waals surface area contributed by atoms with E-state index in [0.29, 0.717) is 5.98 Å². The Morgan fingerprint density at radius 3 is 2.18 bits per heavy atom. The Bertz CT molecular complexity index is 134. The van der Waals surface area contributed by atoms with Crippen molar-refractivity contribution in [3.05, 3.63) is 11.5 Å². The molecule has 11 heavy (non-hydrogen) atoms. The summed E-state index contributed by atoms with van der Waals surface area (Å²) in [5.74, 6) is 0.295. The van der Waals surface area contributed by atoms with Crippen molar-refractivity contribution in [3.63, 3.8) is 0 Å². The molecule has 0 saturated carbocycles. The van der Waals surface area contributed by atoms with Crippen LogP contribution in [0.25, 0.3) is 0 Å². The molecule has 0 bridgehead atoms. The third kappa shape index (κ3) is 11.2. The van der Waals surface area contributed by atoms with Crippen molar-refractivity contribution >= 4 is 6.98 Å². The molecule has 0 rings (SSSR count). The zero-order valence-electron chi connectivity index (χ0n) is 6.90. The first-order valence-corrected chi connectivity index (χ1v) is 2.83. The molecule has 6 heteroatoms. The van der Waals surface area contributed by atoms with Crippen LogP contribution >= 0.6 is 0 Å². The number of halogens is 3. The number of hydrogen-bond acceptors (Lipinski definition) is 1. The summed E-state index contributed by atoms with van der Waals surface area (Å²) in [5, 5.41) is 0. The maximum absolute atomic E-state index is 11.6. The monoisotopic (exact) mass is 192 g/mol. The first-order chi connectivity index (χ1) is 4.45. The zero-order chi connectivity index (χ0) is 8.20. The number of rotatable bonds is 3. The standard InChI is InChI=1S/C5H9BF3O.K/c1-5(4-10-2)3-6(7,8)9;/h3H,4H2,1-2H3;/q-1;+1/b5-3+;. The summed E-state index contributed by atoms with van der Waals surface area (Å²) in [6.45, 7) is -3.37. The van der Waals surface area contributed by atoms with Gasteiger partial charge in [0.15, 0.2) is 0 Å². The Kier molecular flexibility index (Phi) is 8.93. The fraction of sp³-hybridized carbons (Fsp3) is 0.600. The van der Waals surface area contributed by atoms with Crippen LogP contribution in [0.15, 0.2) is 11.5 Å². The molecule has 0 aliphatic carbocycles. The van der Waals surface area contributed by atoms with Crippen molar-refractivity contribution in [2.24, 2.45) is 0 Å². The zero-order valence-corrected chi connectivity index (χ0v) is 10.0. The van der Waals surface area contributed by atoms with Gasteiger partial charge in [-0.15, -0.1) is 5.98 Å². The number of methoxy groups -OCH3 is 1. The predicted octanol–water partition coefficient (Wildman–Crippen LogP) is -1.03. The van der Waals surface area contributed by atoms with Crippen LogP contribution in [-0.4, -0.2) is 20.7 Å². The molecule has 0 aromatic rings. The van der Waals surface area contributed by atoms with Gasteiger partial charge in [0.05, 0.1) is 6.61 Å². The molecule has 0 aliphatic heterocycles. The molecule has 0 aromatic heterocycles. The molecule has 0 amide bonds. The van der Waals surface area contributed by atoms with Gasteiger partial charge in [-0.1, -0.05) is 5.57 Å². The minimum Gasteiger partial charge on any atom is -0.445 e. The summed E-state index contributed by atoms with van der Waals surface area (Å²) in [6, 6.07) is 0. The van der Waals surface area contributed by atoms with Gasteiger partial charge in [0, 0.05) is 7.11 Å². The Labute approximate surface area is 107 Å². The van der Waals surface area contributed by atoms with E-state index in [0.717, 1.165) is 0 Å². The van der Waals surface area contributed by atoms with Crippen LogP contribution in [0.2, 0.25) is 0 Å². The van der Waals surface area contributed by atoms with Gasteiger partial charge in [-0.05, 0) is 6.92 Å². The third-order valence-electron chi connectivity index (χ3n) is 0.846. The molecule has 60 valence electrons. The van der Waals surface area contributed by atoms with Gasteiger partial charge in [0.25, 0.3) is 0 Å². The summed E-state index contributed by atoms with van der Waals surface area (Å²) in [4.78, 5) is 0. The van der Waals surface area contributed by atoms with E-state index in [9.17, 15) is 12.9 Å². The van der Waals surface area contributed by atoms with Crippen molar-refractivity contribution in [2.45, 2.75) is 6.92 Å². The predicted molar refractivity (Wildman–Crippen MR) is 34.7 cm³/mol. The molecule has 0 N–H and O–H groups in total. The Morgan fingerprint density at radius 2 is 1.91 bits per heavy atom. The van der Waals surface area contributed by atoms with E-state index in [4.69, 9.17) is 0 Å². The van der Waals surface area contributed by atoms with Gasteiger partial charge in [-0.2, -0.15) is 0 Å². The van der Waals surface area contributed by atoms with Gasteiger partial charge in [0.2, 0.25) is 0 Å². The van der Waals surface area contributed by atoms with Crippen LogP contribution in [0.1, 0.15) is 6.92 Å². The van der Waals surface area contributed by atoms with E-state index in [1.165, 1.54) is 14.0 Å². The minimum atomic E-state index is -4.80. The Balaban J connectivity index is 0. The molecule has 0 fully saturated rings. The van der Waals surface area contributed by atoms with Crippen molar-refractivity contribution < 1.29 is 69.1 Å². The van der Waals surface area contributed by atoms with Crippen LogP contribution in [0.5, 0.6) is 0 Å². The van der Waals surface area contributed by atoms with Gasteiger partial charge in [-0.25, -0.2) is 0 Å². The van der Waals surface area contributed by atoms with Gasteiger partial charge in [0.1, 0.15) is 0 Å².